The van der Waals surface area contributed by atoms with Crippen LogP contribution in [0.15, 0.2) is 48.5 Å². The molecule has 0 saturated heterocycles. The van der Waals surface area contributed by atoms with E-state index in [2.05, 4.69) is 10.6 Å². The molecule has 2 aromatic rings. The average molecular weight is 498 g/mol. The van der Waals surface area contributed by atoms with Gasteiger partial charge in [0.15, 0.2) is 6.61 Å². The first-order valence-electron chi connectivity index (χ1n) is 9.98. The molecule has 0 radical (unpaired) electrons. The molecule has 1 aliphatic heterocycles. The Labute approximate surface area is 197 Å². The van der Waals surface area contributed by atoms with Crippen LogP contribution < -0.4 is 15.5 Å². The Morgan fingerprint density at radius 2 is 1.82 bits per heavy atom. The van der Waals surface area contributed by atoms with Crippen LogP contribution in [-0.2, 0) is 19.1 Å². The van der Waals surface area contributed by atoms with Gasteiger partial charge >= 0.3 is 12.1 Å². The van der Waals surface area contributed by atoms with Crippen molar-refractivity contribution in [3.63, 3.8) is 0 Å². The minimum Gasteiger partial charge on any atom is -0.454 e. The predicted molar refractivity (Wildman–Crippen MR) is 116 cm³/mol. The van der Waals surface area contributed by atoms with Crippen LogP contribution in [0.25, 0.3) is 0 Å². The number of hydrogen-bond acceptors (Lipinski definition) is 5. The van der Waals surface area contributed by atoms with Crippen LogP contribution in [0.3, 0.4) is 0 Å². The number of hydrogen-bond donors (Lipinski definition) is 2. The third-order valence-corrected chi connectivity index (χ3v) is 5.26. The van der Waals surface area contributed by atoms with E-state index in [1.165, 1.54) is 43.3 Å². The van der Waals surface area contributed by atoms with Gasteiger partial charge in [0.25, 0.3) is 11.8 Å². The summed E-state index contributed by atoms with van der Waals surface area (Å²) in [5, 5.41) is 4.83. The van der Waals surface area contributed by atoms with Crippen LogP contribution in [0.4, 0.5) is 24.5 Å². The van der Waals surface area contributed by atoms with E-state index in [1.807, 2.05) is 0 Å². The van der Waals surface area contributed by atoms with Gasteiger partial charge in [-0.2, -0.15) is 13.2 Å². The number of carbonyl (C=O) groups excluding carboxylic acids is 4. The fourth-order valence-electron chi connectivity index (χ4n) is 3.30. The highest BCUT2D eigenvalue weighted by molar-refractivity contribution is 6.33. The number of alkyl halides is 3. The highest BCUT2D eigenvalue weighted by Crippen LogP contribution is 2.37. The SMILES string of the molecule is C[C@H](NC(=O)c1ccccc1Cl)C(=O)OCC(=O)N1c2ccccc2NC(=O)CC1C(F)(F)F. The van der Waals surface area contributed by atoms with Crippen molar-refractivity contribution in [3.8, 4) is 0 Å². The van der Waals surface area contributed by atoms with E-state index in [9.17, 15) is 32.3 Å². The molecule has 1 unspecified atom stereocenters. The number of carbonyl (C=O) groups is 4. The number of fused-ring (bicyclic) bond motifs is 1. The van der Waals surface area contributed by atoms with Crippen LogP contribution in [-0.4, -0.2) is 48.6 Å². The van der Waals surface area contributed by atoms with Gasteiger partial charge in [-0.3, -0.25) is 19.3 Å². The molecule has 180 valence electrons. The molecule has 2 N–H and O–H groups in total. The van der Waals surface area contributed by atoms with Crippen molar-refractivity contribution in [2.75, 3.05) is 16.8 Å². The number of nitrogens with one attached hydrogen (secondary N) is 2. The normalized spacial score (nSPS) is 16.6. The Kier molecular flexibility index (Phi) is 7.45. The molecule has 0 fully saturated rings. The van der Waals surface area contributed by atoms with E-state index in [4.69, 9.17) is 16.3 Å². The van der Waals surface area contributed by atoms with Crippen LogP contribution in [0.1, 0.15) is 23.7 Å². The van der Waals surface area contributed by atoms with Gasteiger partial charge in [0.2, 0.25) is 5.91 Å². The average Bonchev–Trinajstić information content (AvgIpc) is 2.93. The van der Waals surface area contributed by atoms with E-state index >= 15 is 0 Å². The lowest BCUT2D eigenvalue weighted by Gasteiger charge is -2.31. The predicted octanol–water partition coefficient (Wildman–Crippen LogP) is 3.31. The number of benzene rings is 2. The molecule has 0 aliphatic carbocycles. The van der Waals surface area contributed by atoms with Gasteiger partial charge < -0.3 is 15.4 Å². The second kappa shape index (κ2) is 10.1. The molecular weight excluding hydrogens is 479 g/mol. The minimum absolute atomic E-state index is 0.0132. The Morgan fingerprint density at radius 1 is 1.18 bits per heavy atom. The number of esters is 1. The lowest BCUT2D eigenvalue weighted by atomic mass is 10.1. The number of para-hydroxylation sites is 2. The molecule has 34 heavy (non-hydrogen) atoms. The second-order valence-electron chi connectivity index (χ2n) is 7.37. The summed E-state index contributed by atoms with van der Waals surface area (Å²) in [5.41, 5.74) is -0.0673. The first-order valence-corrected chi connectivity index (χ1v) is 10.4. The van der Waals surface area contributed by atoms with Gasteiger partial charge in [-0.1, -0.05) is 35.9 Å². The van der Waals surface area contributed by atoms with Crippen LogP contribution >= 0.6 is 11.6 Å². The van der Waals surface area contributed by atoms with Gasteiger partial charge in [-0.25, -0.2) is 4.79 Å². The lowest BCUT2D eigenvalue weighted by Crippen LogP contribution is -2.51. The van der Waals surface area contributed by atoms with Crippen molar-refractivity contribution in [1.82, 2.24) is 5.32 Å². The maximum atomic E-state index is 13.7. The molecule has 0 saturated carbocycles. The van der Waals surface area contributed by atoms with Crippen molar-refractivity contribution < 1.29 is 37.1 Å². The summed E-state index contributed by atoms with van der Waals surface area (Å²) in [6.07, 6.45) is -5.95. The first kappa shape index (κ1) is 25.0. The van der Waals surface area contributed by atoms with Gasteiger partial charge in [0.1, 0.15) is 12.1 Å². The molecule has 1 heterocycles. The fourth-order valence-corrected chi connectivity index (χ4v) is 3.52. The molecule has 1 aliphatic rings. The Balaban J connectivity index is 1.73. The molecule has 2 atom stereocenters. The smallest absolute Gasteiger partial charge is 0.409 e. The number of anilines is 2. The van der Waals surface area contributed by atoms with Crippen molar-refractivity contribution in [2.24, 2.45) is 0 Å². The third-order valence-electron chi connectivity index (χ3n) is 4.93. The number of amides is 3. The number of ether oxygens (including phenoxy) is 1. The summed E-state index contributed by atoms with van der Waals surface area (Å²) < 4.78 is 46.1. The topological polar surface area (TPSA) is 105 Å². The summed E-state index contributed by atoms with van der Waals surface area (Å²) >= 11 is 5.94. The Morgan fingerprint density at radius 3 is 2.50 bits per heavy atom. The number of nitrogens with zero attached hydrogens (tertiary/aromatic N) is 1. The van der Waals surface area contributed by atoms with E-state index < -0.39 is 55.0 Å². The number of halogens is 4. The monoisotopic (exact) mass is 497 g/mol. The Bertz CT molecular complexity index is 1120. The maximum Gasteiger partial charge on any atom is 0.409 e. The molecule has 0 spiro atoms. The van der Waals surface area contributed by atoms with E-state index in [0.29, 0.717) is 4.90 Å². The van der Waals surface area contributed by atoms with Gasteiger partial charge in [-0.15, -0.1) is 0 Å². The molecular formula is C22H19ClF3N3O5. The second-order valence-corrected chi connectivity index (χ2v) is 7.78. The van der Waals surface area contributed by atoms with Crippen molar-refractivity contribution >= 4 is 46.7 Å². The summed E-state index contributed by atoms with van der Waals surface area (Å²) in [6, 6.07) is 7.89. The third kappa shape index (κ3) is 5.66. The van der Waals surface area contributed by atoms with E-state index in [0.717, 1.165) is 0 Å². The standard InChI is InChI=1S/C22H19ClF3N3O5/c1-12(27-20(32)13-6-2-3-7-14(13)23)21(33)34-11-19(31)29-16-9-5-4-8-15(16)28-18(30)10-17(29)22(24,25)26/h2-9,12,17H,10-11H2,1H3,(H,27,32)(H,28,30)/t12-,17?/m0/s1. The molecule has 12 heteroatoms. The molecule has 8 nitrogen and oxygen atoms in total. The van der Waals surface area contributed by atoms with Crippen LogP contribution in [0.2, 0.25) is 5.02 Å². The summed E-state index contributed by atoms with van der Waals surface area (Å²) in [5.74, 6) is -3.83. The highest BCUT2D eigenvalue weighted by atomic mass is 35.5. The largest absolute Gasteiger partial charge is 0.454 e. The first-order chi connectivity index (χ1) is 16.0. The summed E-state index contributed by atoms with van der Waals surface area (Å²) in [6.45, 7) is 0.240. The maximum absolute atomic E-state index is 13.7. The fraction of sp³-hybridized carbons (Fsp3) is 0.273. The van der Waals surface area contributed by atoms with Crippen molar-refractivity contribution in [3.05, 3.63) is 59.1 Å². The van der Waals surface area contributed by atoms with Gasteiger partial charge in [-0.05, 0) is 31.2 Å². The van der Waals surface area contributed by atoms with E-state index in [1.54, 1.807) is 12.1 Å². The summed E-state index contributed by atoms with van der Waals surface area (Å²) in [4.78, 5) is 49.8. The molecule has 0 aromatic heterocycles. The zero-order chi connectivity index (χ0) is 25.0. The Hall–Kier alpha value is -3.60. The molecule has 2 aromatic carbocycles. The zero-order valence-electron chi connectivity index (χ0n) is 17.7. The highest BCUT2D eigenvalue weighted by Gasteiger charge is 2.49. The molecule has 3 rings (SSSR count). The zero-order valence-corrected chi connectivity index (χ0v) is 18.4. The van der Waals surface area contributed by atoms with Crippen LogP contribution in [0.5, 0.6) is 0 Å². The molecule has 3 amide bonds. The van der Waals surface area contributed by atoms with Crippen molar-refractivity contribution in [1.29, 1.82) is 0 Å². The molecule has 0 bridgehead atoms. The quantitative estimate of drug-likeness (QED) is 0.617. The van der Waals surface area contributed by atoms with Crippen LogP contribution in [0, 0.1) is 0 Å². The lowest BCUT2D eigenvalue weighted by molar-refractivity contribution is -0.160. The van der Waals surface area contributed by atoms with Gasteiger partial charge in [0.05, 0.1) is 28.4 Å². The van der Waals surface area contributed by atoms with Gasteiger partial charge in [0, 0.05) is 0 Å². The number of rotatable bonds is 5. The minimum atomic E-state index is -4.93. The van der Waals surface area contributed by atoms with Crippen molar-refractivity contribution in [2.45, 2.75) is 31.6 Å². The summed E-state index contributed by atoms with van der Waals surface area (Å²) in [7, 11) is 0. The van der Waals surface area contributed by atoms with E-state index in [-0.39, 0.29) is 22.0 Å².